The van der Waals surface area contributed by atoms with E-state index >= 15 is 0 Å². The van der Waals surface area contributed by atoms with Gasteiger partial charge in [0.1, 0.15) is 11.6 Å². The summed E-state index contributed by atoms with van der Waals surface area (Å²) in [4.78, 5) is 4.00. The van der Waals surface area contributed by atoms with E-state index in [0.717, 1.165) is 11.3 Å². The van der Waals surface area contributed by atoms with Crippen molar-refractivity contribution >= 4 is 0 Å². The molecule has 2 rings (SSSR count). The maximum atomic E-state index is 12.8. The van der Waals surface area contributed by atoms with Gasteiger partial charge < -0.3 is 10.1 Å². The van der Waals surface area contributed by atoms with Crippen LogP contribution in [0.3, 0.4) is 0 Å². The highest BCUT2D eigenvalue weighted by Crippen LogP contribution is 2.16. The summed E-state index contributed by atoms with van der Waals surface area (Å²) in [6.45, 7) is -0.373. The lowest BCUT2D eigenvalue weighted by molar-refractivity contribution is -0.0498. The molecule has 0 amide bonds. The molecule has 1 unspecified atom stereocenters. The fourth-order valence-electron chi connectivity index (χ4n) is 1.81. The Hall–Kier alpha value is -2.08. The zero-order chi connectivity index (χ0) is 15.2. The van der Waals surface area contributed by atoms with Crippen LogP contribution < -0.4 is 10.1 Å². The van der Waals surface area contributed by atoms with Crippen molar-refractivity contribution in [2.75, 3.05) is 0 Å². The lowest BCUT2D eigenvalue weighted by atomic mass is 10.1. The second-order valence-corrected chi connectivity index (χ2v) is 4.53. The number of aromatic nitrogens is 1. The maximum Gasteiger partial charge on any atom is 0.387 e. The van der Waals surface area contributed by atoms with Gasteiger partial charge in [-0.2, -0.15) is 8.78 Å². The van der Waals surface area contributed by atoms with E-state index in [4.69, 9.17) is 0 Å². The largest absolute Gasteiger partial charge is 0.435 e. The van der Waals surface area contributed by atoms with Crippen molar-refractivity contribution in [2.24, 2.45) is 0 Å². The predicted octanol–water partition coefficient (Wildman–Crippen LogP) is 3.67. The number of hydrogen-bond donors (Lipinski definition) is 1. The van der Waals surface area contributed by atoms with Gasteiger partial charge in [0.2, 0.25) is 0 Å². The number of rotatable bonds is 6. The van der Waals surface area contributed by atoms with E-state index in [2.05, 4.69) is 15.0 Å². The Bertz CT molecular complexity index is 558. The molecule has 1 atom stereocenters. The average molecular weight is 296 g/mol. The summed E-state index contributed by atoms with van der Waals surface area (Å²) in [5.74, 6) is -0.248. The van der Waals surface area contributed by atoms with Crippen LogP contribution in [0.1, 0.15) is 24.2 Å². The van der Waals surface area contributed by atoms with Crippen LogP contribution in [0.15, 0.2) is 42.6 Å². The molecule has 2 aromatic rings. The molecule has 0 bridgehead atoms. The summed E-state index contributed by atoms with van der Waals surface area (Å²) in [6.07, 6.45) is 1.17. The number of hydrogen-bond acceptors (Lipinski definition) is 3. The normalized spacial score (nSPS) is 12.4. The molecule has 0 aliphatic heterocycles. The molecule has 112 valence electrons. The van der Waals surface area contributed by atoms with Crippen LogP contribution in [0.5, 0.6) is 5.75 Å². The van der Waals surface area contributed by atoms with Crippen LogP contribution >= 0.6 is 0 Å². The molecular weight excluding hydrogens is 281 g/mol. The fourth-order valence-corrected chi connectivity index (χ4v) is 1.81. The molecule has 0 aliphatic rings. The van der Waals surface area contributed by atoms with Crippen LogP contribution in [0, 0.1) is 5.82 Å². The second kappa shape index (κ2) is 7.08. The minimum absolute atomic E-state index is 0.0532. The molecule has 0 saturated heterocycles. The number of pyridine rings is 1. The van der Waals surface area contributed by atoms with Gasteiger partial charge in [-0.05, 0) is 36.8 Å². The van der Waals surface area contributed by atoms with Gasteiger partial charge in [0, 0.05) is 12.6 Å². The summed E-state index contributed by atoms with van der Waals surface area (Å²) in [6, 6.07) is 9.31. The highest BCUT2D eigenvalue weighted by molar-refractivity contribution is 5.27. The number of benzene rings is 1. The van der Waals surface area contributed by atoms with Gasteiger partial charge in [0.05, 0.1) is 11.9 Å². The van der Waals surface area contributed by atoms with Crippen LogP contribution in [0.2, 0.25) is 0 Å². The van der Waals surface area contributed by atoms with E-state index in [1.165, 1.54) is 24.4 Å². The first-order valence-electron chi connectivity index (χ1n) is 6.43. The molecule has 0 aliphatic carbocycles. The first-order chi connectivity index (χ1) is 10.0. The van der Waals surface area contributed by atoms with Crippen molar-refractivity contribution in [1.82, 2.24) is 10.3 Å². The Morgan fingerprint density at radius 2 is 1.86 bits per heavy atom. The van der Waals surface area contributed by atoms with Gasteiger partial charge in [-0.1, -0.05) is 12.1 Å². The fraction of sp³-hybridized carbons (Fsp3) is 0.267. The molecule has 0 spiro atoms. The molecule has 0 saturated carbocycles. The number of ether oxygens (including phenoxy) is 1. The minimum Gasteiger partial charge on any atom is -0.435 e. The van der Waals surface area contributed by atoms with Crippen LogP contribution in [-0.4, -0.2) is 11.6 Å². The number of halogens is 3. The third-order valence-corrected chi connectivity index (χ3v) is 2.95. The van der Waals surface area contributed by atoms with E-state index in [1.807, 2.05) is 6.92 Å². The van der Waals surface area contributed by atoms with Crippen molar-refractivity contribution < 1.29 is 17.9 Å². The summed E-state index contributed by atoms with van der Waals surface area (Å²) >= 11 is 0. The summed E-state index contributed by atoms with van der Waals surface area (Å²) in [5, 5.41) is 3.22. The SMILES string of the molecule is CC(NCc1ccc(OC(F)F)cc1)c1ccc(F)cn1. The lowest BCUT2D eigenvalue weighted by Gasteiger charge is -2.13. The quantitative estimate of drug-likeness (QED) is 0.883. The van der Waals surface area contributed by atoms with Crippen molar-refractivity contribution in [2.45, 2.75) is 26.1 Å². The zero-order valence-corrected chi connectivity index (χ0v) is 11.4. The molecular formula is C15H15F3N2O. The highest BCUT2D eigenvalue weighted by atomic mass is 19.3. The molecule has 1 aromatic heterocycles. The molecule has 0 radical (unpaired) electrons. The Labute approximate surface area is 120 Å². The summed E-state index contributed by atoms with van der Waals surface area (Å²) in [7, 11) is 0. The molecule has 1 N–H and O–H groups in total. The van der Waals surface area contributed by atoms with E-state index < -0.39 is 6.61 Å². The maximum absolute atomic E-state index is 12.8. The van der Waals surface area contributed by atoms with Crippen molar-refractivity contribution in [1.29, 1.82) is 0 Å². The smallest absolute Gasteiger partial charge is 0.387 e. The van der Waals surface area contributed by atoms with Gasteiger partial charge in [0.25, 0.3) is 0 Å². The molecule has 3 nitrogen and oxygen atoms in total. The highest BCUT2D eigenvalue weighted by Gasteiger charge is 2.07. The monoisotopic (exact) mass is 296 g/mol. The summed E-state index contributed by atoms with van der Waals surface area (Å²) < 4.78 is 41.1. The van der Waals surface area contributed by atoms with E-state index in [1.54, 1.807) is 18.2 Å². The Morgan fingerprint density at radius 1 is 1.14 bits per heavy atom. The Morgan fingerprint density at radius 3 is 2.43 bits per heavy atom. The summed E-state index contributed by atoms with van der Waals surface area (Å²) in [5.41, 5.74) is 1.65. The van der Waals surface area contributed by atoms with E-state index in [9.17, 15) is 13.2 Å². The van der Waals surface area contributed by atoms with Gasteiger partial charge in [-0.15, -0.1) is 0 Å². The topological polar surface area (TPSA) is 34.1 Å². The first kappa shape index (κ1) is 15.3. The van der Waals surface area contributed by atoms with Crippen molar-refractivity contribution in [3.8, 4) is 5.75 Å². The van der Waals surface area contributed by atoms with Crippen molar-refractivity contribution in [3.05, 3.63) is 59.7 Å². The average Bonchev–Trinajstić information content (AvgIpc) is 2.46. The van der Waals surface area contributed by atoms with Gasteiger partial charge >= 0.3 is 6.61 Å². The second-order valence-electron chi connectivity index (χ2n) is 4.53. The third-order valence-electron chi connectivity index (χ3n) is 2.95. The first-order valence-corrected chi connectivity index (χ1v) is 6.43. The van der Waals surface area contributed by atoms with E-state index in [-0.39, 0.29) is 17.6 Å². The van der Waals surface area contributed by atoms with Gasteiger partial charge in [-0.3, -0.25) is 4.98 Å². The Kier molecular flexibility index (Phi) is 5.16. The minimum atomic E-state index is -2.82. The van der Waals surface area contributed by atoms with Crippen LogP contribution in [-0.2, 0) is 6.54 Å². The molecule has 0 fully saturated rings. The predicted molar refractivity (Wildman–Crippen MR) is 72.5 cm³/mol. The third kappa shape index (κ3) is 4.75. The van der Waals surface area contributed by atoms with Gasteiger partial charge in [-0.25, -0.2) is 4.39 Å². The van der Waals surface area contributed by atoms with E-state index in [0.29, 0.717) is 6.54 Å². The molecule has 6 heteroatoms. The molecule has 1 aromatic carbocycles. The Balaban J connectivity index is 1.88. The van der Waals surface area contributed by atoms with Crippen LogP contribution in [0.4, 0.5) is 13.2 Å². The lowest BCUT2D eigenvalue weighted by Crippen LogP contribution is -2.19. The van der Waals surface area contributed by atoms with Gasteiger partial charge in [0.15, 0.2) is 0 Å². The number of nitrogens with one attached hydrogen (secondary N) is 1. The molecule has 21 heavy (non-hydrogen) atoms. The van der Waals surface area contributed by atoms with Crippen LogP contribution in [0.25, 0.3) is 0 Å². The standard InChI is InChI=1S/C15H15F3N2O/c1-10(14-7-4-12(16)9-20-14)19-8-11-2-5-13(6-3-11)21-15(17)18/h2-7,9-10,15,19H,8H2,1H3. The number of nitrogens with zero attached hydrogens (tertiary/aromatic N) is 1. The van der Waals surface area contributed by atoms with Crippen molar-refractivity contribution in [3.63, 3.8) is 0 Å². The zero-order valence-electron chi connectivity index (χ0n) is 11.4. The molecule has 1 heterocycles. The number of alkyl halides is 2.